The van der Waals surface area contributed by atoms with Crippen molar-refractivity contribution in [2.75, 3.05) is 26.4 Å². The predicted molar refractivity (Wildman–Crippen MR) is 297 cm³/mol. The summed E-state index contributed by atoms with van der Waals surface area (Å²) in [6.45, 7) is 14.5. The third-order valence-corrected chi connectivity index (χ3v) is 14.3. The van der Waals surface area contributed by atoms with Gasteiger partial charge in [0.2, 0.25) is 0 Å². The fourth-order valence-electron chi connectivity index (χ4n) is 8.53. The number of unbranched alkanes of at least 4 members (excludes halogenated alkanes) is 28. The van der Waals surface area contributed by atoms with E-state index in [4.69, 9.17) is 28.6 Å². The number of esters is 2. The molecule has 72 heavy (non-hydrogen) atoms. The van der Waals surface area contributed by atoms with E-state index in [1.807, 2.05) is 6.92 Å². The minimum absolute atomic E-state index is 0.0225. The highest BCUT2D eigenvalue weighted by Crippen LogP contribution is 2.49. The summed E-state index contributed by atoms with van der Waals surface area (Å²) in [4.78, 5) is 31.0. The standard InChI is InChI=1S/C31H60N3O6P.C25H49N3O3/c1-5-9-11-13-15-17-19-21-23-30(40-31(35)24-22-20-18-16-14-12-10-6-2)29(33-34-32)25-28-39-41(36,37-26-7-3)38-27-8-4;1-3-5-7-9-11-13-15-17-19-24(23(21-22-29)27-28-26)31-25(30)20-18-16-14-12-10-8-6-4-2/h7,29-30H,3,5-6,8-28H2,1-2,4H3;23-24,29H,3-22H2,1-2H3/t29-,30?,41?;23-,24?/m00/s1. The Morgan fingerprint density at radius 2 is 0.819 bits per heavy atom. The Labute approximate surface area is 440 Å². The average Bonchev–Trinajstić information content (AvgIpc) is 3.37. The Morgan fingerprint density at radius 3 is 1.15 bits per heavy atom. The lowest BCUT2D eigenvalue weighted by Crippen LogP contribution is -2.31. The smallest absolute Gasteiger partial charge is 0.462 e. The van der Waals surface area contributed by atoms with Gasteiger partial charge in [0.15, 0.2) is 0 Å². The molecule has 0 fully saturated rings. The lowest BCUT2D eigenvalue weighted by molar-refractivity contribution is -0.151. The van der Waals surface area contributed by atoms with Crippen molar-refractivity contribution in [2.45, 2.75) is 309 Å². The van der Waals surface area contributed by atoms with E-state index >= 15 is 0 Å². The summed E-state index contributed by atoms with van der Waals surface area (Å²) in [5, 5.41) is 17.1. The van der Waals surface area contributed by atoms with Crippen LogP contribution < -0.4 is 0 Å². The minimum atomic E-state index is -3.77. The number of nitrogens with zero attached hydrogens (tertiary/aromatic N) is 6. The van der Waals surface area contributed by atoms with Crippen molar-refractivity contribution >= 4 is 19.8 Å². The Hall–Kier alpha value is -2.63. The third kappa shape index (κ3) is 47.1. The van der Waals surface area contributed by atoms with Gasteiger partial charge in [-0.15, -0.1) is 6.58 Å². The second kappa shape index (κ2) is 56.1. The molecule has 3 unspecified atom stereocenters. The number of hydrogen-bond donors (Lipinski definition) is 1. The quantitative estimate of drug-likeness (QED) is 0.0116. The van der Waals surface area contributed by atoms with Crippen molar-refractivity contribution < 1.29 is 42.3 Å². The largest absolute Gasteiger partial charge is 0.475 e. The van der Waals surface area contributed by atoms with Crippen molar-refractivity contribution in [3.63, 3.8) is 0 Å². The Kier molecular flexibility index (Phi) is 55.7. The topological polar surface area (TPSA) is 215 Å². The lowest BCUT2D eigenvalue weighted by atomic mass is 10.0. The number of aliphatic hydroxyl groups is 1. The molecule has 0 aliphatic carbocycles. The molecule has 1 N–H and O–H groups in total. The van der Waals surface area contributed by atoms with Gasteiger partial charge in [-0.2, -0.15) is 0 Å². The molecular weight excluding hydrogens is 932 g/mol. The van der Waals surface area contributed by atoms with Crippen molar-refractivity contribution in [3.8, 4) is 0 Å². The van der Waals surface area contributed by atoms with Gasteiger partial charge >= 0.3 is 19.8 Å². The third-order valence-electron chi connectivity index (χ3n) is 12.9. The van der Waals surface area contributed by atoms with Crippen molar-refractivity contribution in [1.82, 2.24) is 0 Å². The van der Waals surface area contributed by atoms with Gasteiger partial charge in [-0.25, -0.2) is 4.57 Å². The van der Waals surface area contributed by atoms with Gasteiger partial charge in [0.25, 0.3) is 0 Å². The van der Waals surface area contributed by atoms with E-state index in [-0.39, 0.29) is 44.8 Å². The van der Waals surface area contributed by atoms with Crippen LogP contribution in [-0.4, -0.2) is 67.8 Å². The van der Waals surface area contributed by atoms with Gasteiger partial charge < -0.3 is 14.6 Å². The molecule has 0 saturated carbocycles. The summed E-state index contributed by atoms with van der Waals surface area (Å²) < 4.78 is 40.6. The fraction of sp³-hybridized carbons (Fsp3) is 0.929. The maximum absolute atomic E-state index is 12.9. The molecule has 0 spiro atoms. The predicted octanol–water partition coefficient (Wildman–Crippen LogP) is 18.8. The highest BCUT2D eigenvalue weighted by molar-refractivity contribution is 7.48. The van der Waals surface area contributed by atoms with Gasteiger partial charge in [-0.05, 0) is 68.8 Å². The van der Waals surface area contributed by atoms with E-state index in [0.29, 0.717) is 38.5 Å². The summed E-state index contributed by atoms with van der Waals surface area (Å²) in [5.74, 6) is -0.461. The molecule has 0 aliphatic rings. The van der Waals surface area contributed by atoms with Gasteiger partial charge in [0, 0.05) is 29.3 Å². The number of azide groups is 2. The van der Waals surface area contributed by atoms with Crippen LogP contribution in [0.3, 0.4) is 0 Å². The van der Waals surface area contributed by atoms with Crippen LogP contribution in [0.4, 0.5) is 0 Å². The van der Waals surface area contributed by atoms with E-state index in [9.17, 15) is 24.8 Å². The molecule has 15 nitrogen and oxygen atoms in total. The first-order chi connectivity index (χ1) is 35.1. The molecule has 0 aromatic rings. The fourth-order valence-corrected chi connectivity index (χ4v) is 9.77. The second-order valence-electron chi connectivity index (χ2n) is 19.6. The molecule has 0 aliphatic heterocycles. The summed E-state index contributed by atoms with van der Waals surface area (Å²) in [7, 11) is -3.77. The van der Waals surface area contributed by atoms with Crippen LogP contribution in [0.2, 0.25) is 0 Å². The Balaban J connectivity index is 0. The van der Waals surface area contributed by atoms with Crippen LogP contribution in [0.25, 0.3) is 20.9 Å². The van der Waals surface area contributed by atoms with Crippen LogP contribution >= 0.6 is 7.82 Å². The van der Waals surface area contributed by atoms with Crippen LogP contribution in [0, 0.1) is 0 Å². The zero-order chi connectivity index (χ0) is 53.4. The van der Waals surface area contributed by atoms with Crippen LogP contribution in [0.1, 0.15) is 285 Å². The maximum Gasteiger partial charge on any atom is 0.475 e. The number of ether oxygens (including phenoxy) is 2. The van der Waals surface area contributed by atoms with Gasteiger partial charge in [0.05, 0.1) is 31.9 Å². The summed E-state index contributed by atoms with van der Waals surface area (Å²) in [5.41, 5.74) is 18.1. The number of rotatable bonds is 54. The number of carbonyl (C=O) groups is 2. The zero-order valence-electron chi connectivity index (χ0n) is 46.8. The minimum Gasteiger partial charge on any atom is -0.462 e. The molecule has 16 heteroatoms. The maximum atomic E-state index is 12.9. The molecule has 0 amide bonds. The summed E-state index contributed by atoms with van der Waals surface area (Å²) in [6.07, 6.45) is 41.4. The SMILES string of the molecule is C=CCOP(=O)(OCCC)OCC[C@H](N=[N+]=[N-])C(CCCCCCCCCC)OC(=O)CCCCCCCCCC.CCCCCCCCCCC(=O)OC(CCCCCCCCCC)[C@H](CCO)N=[N+]=[N-]. The van der Waals surface area contributed by atoms with Crippen LogP contribution in [-0.2, 0) is 37.2 Å². The molecule has 0 rings (SSSR count). The van der Waals surface area contributed by atoms with Crippen molar-refractivity contribution in [3.05, 3.63) is 33.5 Å². The molecule has 0 saturated heterocycles. The highest BCUT2D eigenvalue weighted by atomic mass is 31.2. The molecule has 0 radical (unpaired) electrons. The van der Waals surface area contributed by atoms with Gasteiger partial charge in [-0.1, -0.05) is 231 Å². The second-order valence-corrected chi connectivity index (χ2v) is 21.2. The average molecular weight is 1040 g/mol. The number of phosphoric acid groups is 1. The molecule has 0 heterocycles. The number of aliphatic hydroxyl groups excluding tert-OH is 1. The van der Waals surface area contributed by atoms with E-state index in [2.05, 4.69) is 54.3 Å². The van der Waals surface area contributed by atoms with E-state index < -0.39 is 32.1 Å². The zero-order valence-corrected chi connectivity index (χ0v) is 47.7. The number of hydrogen-bond acceptors (Lipinski definition) is 11. The first-order valence-electron chi connectivity index (χ1n) is 29.4. The van der Waals surface area contributed by atoms with Gasteiger partial charge in [0.1, 0.15) is 12.2 Å². The van der Waals surface area contributed by atoms with Crippen molar-refractivity contribution in [1.29, 1.82) is 0 Å². The van der Waals surface area contributed by atoms with E-state index in [1.54, 1.807) is 0 Å². The summed E-state index contributed by atoms with van der Waals surface area (Å²) >= 11 is 0. The molecule has 5 atom stereocenters. The van der Waals surface area contributed by atoms with Gasteiger partial charge in [-0.3, -0.25) is 23.2 Å². The molecule has 0 bridgehead atoms. The number of phosphoric ester groups is 1. The number of carbonyl (C=O) groups excluding carboxylic acids is 2. The molecule has 0 aromatic carbocycles. The molecular formula is C56H109N6O9P. The first-order valence-corrected chi connectivity index (χ1v) is 30.8. The van der Waals surface area contributed by atoms with E-state index in [1.165, 1.54) is 147 Å². The Morgan fingerprint density at radius 1 is 0.486 bits per heavy atom. The normalized spacial score (nSPS) is 13.6. The van der Waals surface area contributed by atoms with Crippen LogP contribution in [0.15, 0.2) is 22.9 Å². The highest BCUT2D eigenvalue weighted by Gasteiger charge is 2.29. The summed E-state index contributed by atoms with van der Waals surface area (Å²) in [6, 6.07) is -1.12. The first kappa shape index (κ1) is 71.4. The van der Waals surface area contributed by atoms with E-state index in [0.717, 1.165) is 64.2 Å². The Bertz CT molecular complexity index is 1380. The monoisotopic (exact) mass is 1040 g/mol. The van der Waals surface area contributed by atoms with Crippen molar-refractivity contribution in [2.24, 2.45) is 10.2 Å². The molecule has 0 aromatic heterocycles. The molecule has 422 valence electrons. The van der Waals surface area contributed by atoms with Crippen LogP contribution in [0.5, 0.6) is 0 Å². The lowest BCUT2D eigenvalue weighted by Gasteiger charge is -2.25.